The molecular weight excluding hydrogens is 397 g/mol. The lowest BCUT2D eigenvalue weighted by atomic mass is 10.1. The number of anilines is 2. The Hall–Kier alpha value is -3.46. The maximum absolute atomic E-state index is 13.3. The minimum atomic E-state index is -0.979. The van der Waals surface area contributed by atoms with Gasteiger partial charge in [-0.1, -0.05) is 30.3 Å². The number of rotatable bonds is 7. The second-order valence-electron chi connectivity index (χ2n) is 6.07. The van der Waals surface area contributed by atoms with Crippen molar-refractivity contribution in [1.82, 2.24) is 0 Å². The Kier molecular flexibility index (Phi) is 6.40. The number of nitro groups is 1. The van der Waals surface area contributed by atoms with E-state index < -0.39 is 22.3 Å². The first-order chi connectivity index (χ1) is 13.9. The fourth-order valence-electron chi connectivity index (χ4n) is 2.63. The summed E-state index contributed by atoms with van der Waals surface area (Å²) in [6, 6.07) is 16.5. The van der Waals surface area contributed by atoms with Gasteiger partial charge in [-0.2, -0.15) is 4.39 Å². The number of nitrogens with one attached hydrogen (secondary N) is 2. The molecule has 0 unspecified atom stereocenters. The summed E-state index contributed by atoms with van der Waals surface area (Å²) in [5.74, 6) is -1.65. The monoisotopic (exact) mass is 413 g/mol. The van der Waals surface area contributed by atoms with E-state index in [0.29, 0.717) is 5.69 Å². The minimum absolute atomic E-state index is 0.0314. The SMILES string of the molecule is O=C(CSCC(=O)Nc1ccc2ccccc2c1)Nc1ccc(F)c([N+](=O)[O-])c1. The molecule has 148 valence electrons. The summed E-state index contributed by atoms with van der Waals surface area (Å²) >= 11 is 1.09. The van der Waals surface area contributed by atoms with E-state index in [4.69, 9.17) is 0 Å². The van der Waals surface area contributed by atoms with Crippen LogP contribution < -0.4 is 10.6 Å². The van der Waals surface area contributed by atoms with Crippen molar-refractivity contribution in [3.8, 4) is 0 Å². The van der Waals surface area contributed by atoms with E-state index in [1.807, 2.05) is 36.4 Å². The topological polar surface area (TPSA) is 101 Å². The second-order valence-corrected chi connectivity index (χ2v) is 7.06. The third-order valence-corrected chi connectivity index (χ3v) is 4.86. The summed E-state index contributed by atoms with van der Waals surface area (Å²) in [7, 11) is 0. The van der Waals surface area contributed by atoms with Crippen molar-refractivity contribution in [3.05, 3.63) is 76.6 Å². The van der Waals surface area contributed by atoms with Crippen LogP contribution in [0.25, 0.3) is 10.8 Å². The second kappa shape index (κ2) is 9.16. The molecule has 3 aromatic rings. The van der Waals surface area contributed by atoms with Gasteiger partial charge in [0, 0.05) is 17.4 Å². The van der Waals surface area contributed by atoms with Crippen LogP contribution in [0.3, 0.4) is 0 Å². The molecule has 0 aromatic heterocycles. The molecule has 2 amide bonds. The summed E-state index contributed by atoms with van der Waals surface area (Å²) in [4.78, 5) is 33.9. The zero-order valence-electron chi connectivity index (χ0n) is 15.1. The molecule has 3 rings (SSSR count). The third kappa shape index (κ3) is 5.52. The Morgan fingerprint density at radius 2 is 1.48 bits per heavy atom. The van der Waals surface area contributed by atoms with E-state index in [1.54, 1.807) is 6.07 Å². The number of carbonyl (C=O) groups excluding carboxylic acids is 2. The molecule has 2 N–H and O–H groups in total. The molecular formula is C20H16FN3O4S. The van der Waals surface area contributed by atoms with Crippen molar-refractivity contribution in [2.75, 3.05) is 22.1 Å². The highest BCUT2D eigenvalue weighted by Crippen LogP contribution is 2.22. The Labute approximate surface area is 169 Å². The Morgan fingerprint density at radius 1 is 0.897 bits per heavy atom. The smallest absolute Gasteiger partial charge is 0.306 e. The molecule has 0 spiro atoms. The number of hydrogen-bond donors (Lipinski definition) is 2. The van der Waals surface area contributed by atoms with Gasteiger partial charge in [-0.15, -0.1) is 11.8 Å². The van der Waals surface area contributed by atoms with Crippen LogP contribution in [0.15, 0.2) is 60.7 Å². The standard InChI is InChI=1S/C20H16FN3O4S/c21-17-8-7-16(10-18(17)24(27)28)23-20(26)12-29-11-19(25)22-15-6-5-13-3-1-2-4-14(13)9-15/h1-10H,11-12H2,(H,22,25)(H,23,26). The van der Waals surface area contributed by atoms with Gasteiger partial charge in [0.05, 0.1) is 16.4 Å². The van der Waals surface area contributed by atoms with Crippen molar-refractivity contribution in [2.24, 2.45) is 0 Å². The van der Waals surface area contributed by atoms with Gasteiger partial charge in [-0.3, -0.25) is 19.7 Å². The molecule has 0 aliphatic carbocycles. The molecule has 0 saturated heterocycles. The van der Waals surface area contributed by atoms with E-state index in [0.717, 1.165) is 34.7 Å². The highest BCUT2D eigenvalue weighted by atomic mass is 32.2. The largest absolute Gasteiger partial charge is 0.325 e. The molecule has 0 fully saturated rings. The Balaban J connectivity index is 1.47. The Bertz CT molecular complexity index is 1090. The molecule has 0 heterocycles. The molecule has 0 atom stereocenters. The van der Waals surface area contributed by atoms with E-state index >= 15 is 0 Å². The van der Waals surface area contributed by atoms with Gasteiger partial charge in [0.15, 0.2) is 0 Å². The van der Waals surface area contributed by atoms with E-state index in [1.165, 1.54) is 6.07 Å². The summed E-state index contributed by atoms with van der Waals surface area (Å²) < 4.78 is 13.3. The summed E-state index contributed by atoms with van der Waals surface area (Å²) in [6.45, 7) is 0. The summed E-state index contributed by atoms with van der Waals surface area (Å²) in [6.07, 6.45) is 0. The average Bonchev–Trinajstić information content (AvgIpc) is 2.69. The number of carbonyl (C=O) groups is 2. The van der Waals surface area contributed by atoms with Gasteiger partial charge >= 0.3 is 5.69 Å². The minimum Gasteiger partial charge on any atom is -0.325 e. The lowest BCUT2D eigenvalue weighted by molar-refractivity contribution is -0.387. The van der Waals surface area contributed by atoms with Crippen molar-refractivity contribution < 1.29 is 18.9 Å². The number of benzene rings is 3. The molecule has 3 aromatic carbocycles. The fourth-order valence-corrected chi connectivity index (χ4v) is 3.25. The highest BCUT2D eigenvalue weighted by molar-refractivity contribution is 8.00. The van der Waals surface area contributed by atoms with E-state index in [9.17, 15) is 24.1 Å². The molecule has 0 saturated carbocycles. The zero-order chi connectivity index (χ0) is 20.8. The number of thioether (sulfide) groups is 1. The van der Waals surface area contributed by atoms with Crippen LogP contribution in [0, 0.1) is 15.9 Å². The fraction of sp³-hybridized carbons (Fsp3) is 0.100. The molecule has 0 aliphatic heterocycles. The van der Waals surface area contributed by atoms with Gasteiger partial charge in [0.1, 0.15) is 0 Å². The number of halogens is 1. The van der Waals surface area contributed by atoms with Crippen LogP contribution in [0.4, 0.5) is 21.5 Å². The predicted molar refractivity (Wildman–Crippen MR) is 112 cm³/mol. The molecule has 0 bridgehead atoms. The number of hydrogen-bond acceptors (Lipinski definition) is 5. The number of nitrogens with zero attached hydrogens (tertiary/aromatic N) is 1. The van der Waals surface area contributed by atoms with Gasteiger partial charge in [-0.05, 0) is 35.0 Å². The summed E-state index contributed by atoms with van der Waals surface area (Å²) in [5.41, 5.74) is 0.0619. The molecule has 0 aliphatic rings. The van der Waals surface area contributed by atoms with Gasteiger partial charge in [0.25, 0.3) is 0 Å². The molecule has 29 heavy (non-hydrogen) atoms. The zero-order valence-corrected chi connectivity index (χ0v) is 15.9. The van der Waals surface area contributed by atoms with Crippen molar-refractivity contribution in [2.45, 2.75) is 0 Å². The molecule has 7 nitrogen and oxygen atoms in total. The highest BCUT2D eigenvalue weighted by Gasteiger charge is 2.15. The lowest BCUT2D eigenvalue weighted by Gasteiger charge is -2.07. The molecule has 0 radical (unpaired) electrons. The van der Waals surface area contributed by atoms with Gasteiger partial charge < -0.3 is 10.6 Å². The maximum atomic E-state index is 13.3. The average molecular weight is 413 g/mol. The number of amides is 2. The van der Waals surface area contributed by atoms with Gasteiger partial charge in [-0.25, -0.2) is 0 Å². The predicted octanol–water partition coefficient (Wildman–Crippen LogP) is 4.20. The van der Waals surface area contributed by atoms with Crippen LogP contribution in [-0.4, -0.2) is 28.2 Å². The third-order valence-electron chi connectivity index (χ3n) is 3.93. The van der Waals surface area contributed by atoms with E-state index in [-0.39, 0.29) is 23.1 Å². The van der Waals surface area contributed by atoms with Crippen molar-refractivity contribution >= 4 is 51.4 Å². The first-order valence-corrected chi connectivity index (χ1v) is 9.68. The van der Waals surface area contributed by atoms with Crippen LogP contribution in [0.1, 0.15) is 0 Å². The van der Waals surface area contributed by atoms with Crippen LogP contribution in [0.2, 0.25) is 0 Å². The lowest BCUT2D eigenvalue weighted by Crippen LogP contribution is -2.18. The summed E-state index contributed by atoms with van der Waals surface area (Å²) in [5, 5.41) is 18.0. The first-order valence-electron chi connectivity index (χ1n) is 8.52. The van der Waals surface area contributed by atoms with E-state index in [2.05, 4.69) is 10.6 Å². The van der Waals surface area contributed by atoms with Crippen LogP contribution in [-0.2, 0) is 9.59 Å². The quantitative estimate of drug-likeness (QED) is 0.447. The van der Waals surface area contributed by atoms with Crippen LogP contribution in [0.5, 0.6) is 0 Å². The van der Waals surface area contributed by atoms with Gasteiger partial charge in [0.2, 0.25) is 17.6 Å². The van der Waals surface area contributed by atoms with Crippen LogP contribution >= 0.6 is 11.8 Å². The first kappa shape index (κ1) is 20.3. The van der Waals surface area contributed by atoms with Crippen molar-refractivity contribution in [1.29, 1.82) is 0 Å². The number of nitro benzene ring substituents is 1. The normalized spacial score (nSPS) is 10.5. The maximum Gasteiger partial charge on any atom is 0.306 e. The number of fused-ring (bicyclic) bond motifs is 1. The Morgan fingerprint density at radius 3 is 2.14 bits per heavy atom. The van der Waals surface area contributed by atoms with Crippen molar-refractivity contribution in [3.63, 3.8) is 0 Å². The molecule has 9 heteroatoms.